The fourth-order valence-corrected chi connectivity index (χ4v) is 2.80. The average molecular weight is 215 g/mol. The second-order valence-electron chi connectivity index (χ2n) is 5.07. The minimum absolute atomic E-state index is 0.297. The molecular weight excluding hydrogens is 194 g/mol. The highest BCUT2D eigenvalue weighted by atomic mass is 14.8. The van der Waals surface area contributed by atoms with E-state index in [4.69, 9.17) is 0 Å². The number of aryl methyl sites for hydroxylation is 2. The molecular formula is C15H21N. The number of allylic oxidation sites excluding steroid dienone is 2. The fourth-order valence-electron chi connectivity index (χ4n) is 2.80. The highest BCUT2D eigenvalue weighted by Gasteiger charge is 2.32. The minimum atomic E-state index is 0.297. The number of likely N-dealkylation sites (N-methyl/N-ethyl adjacent to an activating group) is 1. The first-order valence-electron chi connectivity index (χ1n) is 6.05. The van der Waals surface area contributed by atoms with Gasteiger partial charge in [0.05, 0.1) is 0 Å². The van der Waals surface area contributed by atoms with Crippen LogP contribution < -0.4 is 5.32 Å². The van der Waals surface area contributed by atoms with Crippen LogP contribution in [-0.2, 0) is 5.41 Å². The second kappa shape index (κ2) is 4.42. The Labute approximate surface area is 98.6 Å². The van der Waals surface area contributed by atoms with E-state index >= 15 is 0 Å². The molecule has 86 valence electrons. The molecule has 1 aliphatic carbocycles. The van der Waals surface area contributed by atoms with Crippen molar-refractivity contribution in [3.05, 3.63) is 47.0 Å². The van der Waals surface area contributed by atoms with Gasteiger partial charge >= 0.3 is 0 Å². The molecule has 0 atom stereocenters. The summed E-state index contributed by atoms with van der Waals surface area (Å²) >= 11 is 0. The van der Waals surface area contributed by atoms with E-state index in [-0.39, 0.29) is 0 Å². The molecule has 0 spiro atoms. The first-order chi connectivity index (χ1) is 7.66. The predicted molar refractivity (Wildman–Crippen MR) is 69.9 cm³/mol. The average Bonchev–Trinajstić information content (AvgIpc) is 2.66. The van der Waals surface area contributed by atoms with Crippen LogP contribution in [0.4, 0.5) is 0 Å². The fraction of sp³-hybridized carbons (Fsp3) is 0.467. The molecule has 1 aromatic carbocycles. The van der Waals surface area contributed by atoms with Gasteiger partial charge in [-0.25, -0.2) is 0 Å². The third-order valence-electron chi connectivity index (χ3n) is 3.53. The van der Waals surface area contributed by atoms with Crippen LogP contribution >= 0.6 is 0 Å². The molecule has 1 aromatic rings. The van der Waals surface area contributed by atoms with Gasteiger partial charge in [0, 0.05) is 12.0 Å². The standard InChI is InChI=1S/C15H21N/c1-12-8-13(2)10-14(9-12)15(11-16-3)6-4-5-7-15/h4-5,8-10,16H,6-7,11H2,1-3H3. The number of hydrogen-bond donors (Lipinski definition) is 1. The molecule has 16 heavy (non-hydrogen) atoms. The molecule has 1 N–H and O–H groups in total. The van der Waals surface area contributed by atoms with Gasteiger partial charge in [0.2, 0.25) is 0 Å². The first-order valence-corrected chi connectivity index (χ1v) is 6.05. The van der Waals surface area contributed by atoms with Crippen LogP contribution in [0, 0.1) is 13.8 Å². The van der Waals surface area contributed by atoms with Crippen molar-refractivity contribution in [2.45, 2.75) is 32.1 Å². The summed E-state index contributed by atoms with van der Waals surface area (Å²) in [5.41, 5.74) is 4.53. The van der Waals surface area contributed by atoms with Crippen molar-refractivity contribution in [2.75, 3.05) is 13.6 Å². The van der Waals surface area contributed by atoms with Gasteiger partial charge in [-0.3, -0.25) is 0 Å². The van der Waals surface area contributed by atoms with Crippen molar-refractivity contribution in [3.8, 4) is 0 Å². The molecule has 0 saturated carbocycles. The molecule has 0 aromatic heterocycles. The van der Waals surface area contributed by atoms with Gasteiger partial charge in [-0.15, -0.1) is 0 Å². The highest BCUT2D eigenvalue weighted by molar-refractivity contribution is 5.37. The zero-order chi connectivity index (χ0) is 11.6. The van der Waals surface area contributed by atoms with E-state index in [2.05, 4.69) is 49.5 Å². The van der Waals surface area contributed by atoms with Crippen molar-refractivity contribution in [3.63, 3.8) is 0 Å². The lowest BCUT2D eigenvalue weighted by atomic mass is 9.77. The molecule has 2 rings (SSSR count). The van der Waals surface area contributed by atoms with Crippen LogP contribution in [0.2, 0.25) is 0 Å². The molecule has 0 aliphatic heterocycles. The topological polar surface area (TPSA) is 12.0 Å². The van der Waals surface area contributed by atoms with E-state index in [0.717, 1.165) is 19.4 Å². The van der Waals surface area contributed by atoms with Gasteiger partial charge < -0.3 is 5.32 Å². The van der Waals surface area contributed by atoms with Gasteiger partial charge in [0.15, 0.2) is 0 Å². The molecule has 0 radical (unpaired) electrons. The SMILES string of the molecule is CNCC1(c2cc(C)cc(C)c2)CC=CC1. The van der Waals surface area contributed by atoms with Crippen LogP contribution in [0.15, 0.2) is 30.4 Å². The highest BCUT2D eigenvalue weighted by Crippen LogP contribution is 2.37. The third-order valence-corrected chi connectivity index (χ3v) is 3.53. The number of hydrogen-bond acceptors (Lipinski definition) is 1. The Morgan fingerprint density at radius 1 is 1.06 bits per heavy atom. The van der Waals surface area contributed by atoms with Crippen molar-refractivity contribution < 1.29 is 0 Å². The minimum Gasteiger partial charge on any atom is -0.319 e. The number of rotatable bonds is 3. The van der Waals surface area contributed by atoms with E-state index in [1.165, 1.54) is 16.7 Å². The molecule has 0 amide bonds. The predicted octanol–water partition coefficient (Wildman–Crippen LogP) is 3.11. The molecule has 1 heteroatoms. The van der Waals surface area contributed by atoms with Crippen molar-refractivity contribution in [1.82, 2.24) is 5.32 Å². The molecule has 0 fully saturated rings. The maximum absolute atomic E-state index is 3.35. The Hall–Kier alpha value is -1.08. The molecule has 0 bridgehead atoms. The van der Waals surface area contributed by atoms with Gasteiger partial charge in [-0.2, -0.15) is 0 Å². The summed E-state index contributed by atoms with van der Waals surface area (Å²) in [5, 5.41) is 3.35. The van der Waals surface area contributed by atoms with E-state index in [9.17, 15) is 0 Å². The Bertz CT molecular complexity index is 376. The van der Waals surface area contributed by atoms with Crippen molar-refractivity contribution in [1.29, 1.82) is 0 Å². The van der Waals surface area contributed by atoms with Crippen LogP contribution in [0.1, 0.15) is 29.5 Å². The molecule has 0 saturated heterocycles. The van der Waals surface area contributed by atoms with Crippen LogP contribution in [0.5, 0.6) is 0 Å². The molecule has 0 unspecified atom stereocenters. The lowest BCUT2D eigenvalue weighted by Crippen LogP contribution is -2.34. The lowest BCUT2D eigenvalue weighted by Gasteiger charge is -2.30. The van der Waals surface area contributed by atoms with Gasteiger partial charge in [-0.1, -0.05) is 41.5 Å². The summed E-state index contributed by atoms with van der Waals surface area (Å²) in [6.45, 7) is 5.43. The summed E-state index contributed by atoms with van der Waals surface area (Å²) in [6.07, 6.45) is 6.96. The van der Waals surface area contributed by atoms with Gasteiger partial charge in [-0.05, 0) is 39.3 Å². The van der Waals surface area contributed by atoms with Crippen LogP contribution in [-0.4, -0.2) is 13.6 Å². The van der Waals surface area contributed by atoms with E-state index in [1.807, 2.05) is 7.05 Å². The normalized spacial score (nSPS) is 17.9. The third kappa shape index (κ3) is 2.05. The summed E-state index contributed by atoms with van der Waals surface area (Å²) in [6, 6.07) is 6.94. The Morgan fingerprint density at radius 3 is 2.12 bits per heavy atom. The summed E-state index contributed by atoms with van der Waals surface area (Å²) in [7, 11) is 2.04. The summed E-state index contributed by atoms with van der Waals surface area (Å²) in [5.74, 6) is 0. The van der Waals surface area contributed by atoms with Crippen LogP contribution in [0.3, 0.4) is 0 Å². The maximum Gasteiger partial charge on any atom is 0.0147 e. The Morgan fingerprint density at radius 2 is 1.62 bits per heavy atom. The van der Waals surface area contributed by atoms with Crippen LogP contribution in [0.25, 0.3) is 0 Å². The van der Waals surface area contributed by atoms with E-state index in [1.54, 1.807) is 0 Å². The monoisotopic (exact) mass is 215 g/mol. The summed E-state index contributed by atoms with van der Waals surface area (Å²) < 4.78 is 0. The number of benzene rings is 1. The smallest absolute Gasteiger partial charge is 0.0147 e. The van der Waals surface area contributed by atoms with E-state index < -0.39 is 0 Å². The van der Waals surface area contributed by atoms with E-state index in [0.29, 0.717) is 5.41 Å². The zero-order valence-electron chi connectivity index (χ0n) is 10.5. The van der Waals surface area contributed by atoms with Gasteiger partial charge in [0.25, 0.3) is 0 Å². The zero-order valence-corrected chi connectivity index (χ0v) is 10.5. The van der Waals surface area contributed by atoms with Gasteiger partial charge in [0.1, 0.15) is 0 Å². The largest absolute Gasteiger partial charge is 0.319 e. The molecule has 0 heterocycles. The quantitative estimate of drug-likeness (QED) is 0.764. The second-order valence-corrected chi connectivity index (χ2v) is 5.07. The van der Waals surface area contributed by atoms with Crippen molar-refractivity contribution >= 4 is 0 Å². The first kappa shape index (κ1) is 11.4. The molecule has 1 aliphatic rings. The van der Waals surface area contributed by atoms with Crippen molar-refractivity contribution in [2.24, 2.45) is 0 Å². The lowest BCUT2D eigenvalue weighted by molar-refractivity contribution is 0.435. The Kier molecular flexibility index (Phi) is 3.15. The Balaban J connectivity index is 2.39. The number of nitrogens with one attached hydrogen (secondary N) is 1. The summed E-state index contributed by atoms with van der Waals surface area (Å²) in [4.78, 5) is 0. The maximum atomic E-state index is 3.35. The molecule has 1 nitrogen and oxygen atoms in total.